The average Bonchev–Trinajstić information content (AvgIpc) is 3.17. The highest BCUT2D eigenvalue weighted by atomic mass is 16.1. The molecule has 19 heavy (non-hydrogen) atoms. The number of carbonyl (C=O) groups is 1. The zero-order chi connectivity index (χ0) is 14.5. The molecule has 0 radical (unpaired) electrons. The maximum atomic E-state index is 11.5. The normalized spacial score (nSPS) is 20.3. The summed E-state index contributed by atoms with van der Waals surface area (Å²) in [6.45, 7) is 8.13. The number of rotatable bonds is 10. The van der Waals surface area contributed by atoms with E-state index in [2.05, 4.69) is 24.2 Å². The second-order valence-electron chi connectivity index (χ2n) is 6.24. The van der Waals surface area contributed by atoms with Gasteiger partial charge in [-0.25, -0.2) is 0 Å². The van der Waals surface area contributed by atoms with Crippen LogP contribution in [0.25, 0.3) is 0 Å². The van der Waals surface area contributed by atoms with Crippen LogP contribution in [-0.4, -0.2) is 42.5 Å². The van der Waals surface area contributed by atoms with Crippen LogP contribution in [0.2, 0.25) is 0 Å². The van der Waals surface area contributed by atoms with Crippen LogP contribution in [0.5, 0.6) is 0 Å². The molecule has 1 aliphatic carbocycles. The van der Waals surface area contributed by atoms with E-state index >= 15 is 0 Å². The number of nitrogens with two attached hydrogens (primary N) is 1. The van der Waals surface area contributed by atoms with Crippen molar-refractivity contribution in [2.75, 3.05) is 20.1 Å². The molecule has 0 spiro atoms. The van der Waals surface area contributed by atoms with Gasteiger partial charge in [-0.1, -0.05) is 6.92 Å². The second-order valence-corrected chi connectivity index (χ2v) is 6.24. The number of unbranched alkanes of at least 4 members (excludes halogenated alkanes) is 1. The Labute approximate surface area is 118 Å². The van der Waals surface area contributed by atoms with Crippen molar-refractivity contribution in [3.8, 4) is 0 Å². The summed E-state index contributed by atoms with van der Waals surface area (Å²) in [7, 11) is 2.21. The third-order valence-electron chi connectivity index (χ3n) is 4.55. The van der Waals surface area contributed by atoms with E-state index in [1.165, 1.54) is 12.8 Å². The third kappa shape index (κ3) is 5.11. The first-order valence-electron chi connectivity index (χ1n) is 7.66. The predicted molar refractivity (Wildman–Crippen MR) is 79.9 cm³/mol. The van der Waals surface area contributed by atoms with Gasteiger partial charge in [0, 0.05) is 6.04 Å². The van der Waals surface area contributed by atoms with Crippen LogP contribution in [0.1, 0.15) is 52.9 Å². The van der Waals surface area contributed by atoms with Gasteiger partial charge in [-0.15, -0.1) is 0 Å². The van der Waals surface area contributed by atoms with Crippen molar-refractivity contribution in [2.45, 2.75) is 64.5 Å². The molecule has 3 N–H and O–H groups in total. The molecule has 1 amide bonds. The van der Waals surface area contributed by atoms with Gasteiger partial charge in [0.1, 0.15) is 0 Å². The summed E-state index contributed by atoms with van der Waals surface area (Å²) in [6.07, 6.45) is 5.77. The predicted octanol–water partition coefficient (Wildman–Crippen LogP) is 1.74. The van der Waals surface area contributed by atoms with Gasteiger partial charge in [-0.3, -0.25) is 4.79 Å². The summed E-state index contributed by atoms with van der Waals surface area (Å²) in [4.78, 5) is 13.9. The fraction of sp³-hybridized carbons (Fsp3) is 0.933. The van der Waals surface area contributed by atoms with Crippen molar-refractivity contribution in [3.63, 3.8) is 0 Å². The van der Waals surface area contributed by atoms with Gasteiger partial charge in [0.05, 0.1) is 5.54 Å². The van der Waals surface area contributed by atoms with Crippen molar-refractivity contribution in [1.82, 2.24) is 10.2 Å². The summed E-state index contributed by atoms with van der Waals surface area (Å²) in [6, 6.07) is 0.705. The van der Waals surface area contributed by atoms with Crippen LogP contribution in [-0.2, 0) is 4.79 Å². The first kappa shape index (κ1) is 16.4. The Bertz CT molecular complexity index is 291. The van der Waals surface area contributed by atoms with E-state index in [-0.39, 0.29) is 5.91 Å². The van der Waals surface area contributed by atoms with Gasteiger partial charge in [0.25, 0.3) is 0 Å². The molecule has 0 bridgehead atoms. The summed E-state index contributed by atoms with van der Waals surface area (Å²) in [5.74, 6) is 0.677. The molecule has 1 rings (SSSR count). The van der Waals surface area contributed by atoms with E-state index in [0.717, 1.165) is 38.3 Å². The molecule has 4 heteroatoms. The summed E-state index contributed by atoms with van der Waals surface area (Å²) in [5.41, 5.74) is 4.94. The molecule has 1 fully saturated rings. The van der Waals surface area contributed by atoms with Gasteiger partial charge < -0.3 is 16.0 Å². The molecule has 0 aromatic rings. The maximum Gasteiger partial charge on any atom is 0.237 e. The number of primary amides is 1. The smallest absolute Gasteiger partial charge is 0.237 e. The Hall–Kier alpha value is -0.610. The summed E-state index contributed by atoms with van der Waals surface area (Å²) >= 11 is 0. The number of amides is 1. The average molecular weight is 269 g/mol. The van der Waals surface area contributed by atoms with Gasteiger partial charge in [0.2, 0.25) is 5.91 Å². The zero-order valence-electron chi connectivity index (χ0n) is 13.0. The standard InChI is InChI=1S/C15H31N3O/c1-5-17-15(3,14(16)19)10-6-7-11-18(4)12(2)13-8-9-13/h12-13,17H,5-11H2,1-4H3,(H2,16,19). The molecular weight excluding hydrogens is 238 g/mol. The monoisotopic (exact) mass is 269 g/mol. The quantitative estimate of drug-likeness (QED) is 0.594. The largest absolute Gasteiger partial charge is 0.368 e. The highest BCUT2D eigenvalue weighted by Gasteiger charge is 2.31. The molecule has 0 aromatic carbocycles. The van der Waals surface area contributed by atoms with Crippen molar-refractivity contribution < 1.29 is 4.79 Å². The topological polar surface area (TPSA) is 58.4 Å². The van der Waals surface area contributed by atoms with E-state index in [9.17, 15) is 4.79 Å². The number of nitrogens with one attached hydrogen (secondary N) is 1. The minimum absolute atomic E-state index is 0.242. The Balaban J connectivity index is 2.22. The van der Waals surface area contributed by atoms with Gasteiger partial charge in [-0.05, 0) is 72.0 Å². The minimum atomic E-state index is -0.546. The van der Waals surface area contributed by atoms with Crippen LogP contribution in [0, 0.1) is 5.92 Å². The minimum Gasteiger partial charge on any atom is -0.368 e. The zero-order valence-corrected chi connectivity index (χ0v) is 13.0. The lowest BCUT2D eigenvalue weighted by molar-refractivity contribution is -0.124. The number of hydrogen-bond donors (Lipinski definition) is 2. The van der Waals surface area contributed by atoms with Crippen molar-refractivity contribution in [1.29, 1.82) is 0 Å². The lowest BCUT2D eigenvalue weighted by atomic mass is 9.94. The second kappa shape index (κ2) is 7.25. The van der Waals surface area contributed by atoms with Gasteiger partial charge in [0.15, 0.2) is 0 Å². The fourth-order valence-electron chi connectivity index (χ4n) is 2.67. The van der Waals surface area contributed by atoms with Gasteiger partial charge in [-0.2, -0.15) is 0 Å². The Morgan fingerprint density at radius 2 is 2.11 bits per heavy atom. The van der Waals surface area contributed by atoms with Crippen LogP contribution in [0.4, 0.5) is 0 Å². The Morgan fingerprint density at radius 1 is 1.47 bits per heavy atom. The van der Waals surface area contributed by atoms with Crippen molar-refractivity contribution in [3.05, 3.63) is 0 Å². The Kier molecular flexibility index (Phi) is 6.27. The van der Waals surface area contributed by atoms with Crippen LogP contribution in [0.15, 0.2) is 0 Å². The summed E-state index contributed by atoms with van der Waals surface area (Å²) < 4.78 is 0. The highest BCUT2D eigenvalue weighted by Crippen LogP contribution is 2.34. The molecule has 4 nitrogen and oxygen atoms in total. The lowest BCUT2D eigenvalue weighted by Gasteiger charge is -2.28. The van der Waals surface area contributed by atoms with Crippen LogP contribution in [0.3, 0.4) is 0 Å². The highest BCUT2D eigenvalue weighted by molar-refractivity contribution is 5.84. The van der Waals surface area contributed by atoms with E-state index in [0.29, 0.717) is 6.04 Å². The maximum absolute atomic E-state index is 11.5. The number of carbonyl (C=O) groups excluding carboxylic acids is 1. The van der Waals surface area contributed by atoms with E-state index in [1.807, 2.05) is 13.8 Å². The van der Waals surface area contributed by atoms with Gasteiger partial charge >= 0.3 is 0 Å². The molecule has 112 valence electrons. The first-order chi connectivity index (χ1) is 8.90. The SMILES string of the molecule is CCNC(C)(CCCCN(C)C(C)C1CC1)C(N)=O. The van der Waals surface area contributed by atoms with Crippen LogP contribution < -0.4 is 11.1 Å². The van der Waals surface area contributed by atoms with E-state index in [4.69, 9.17) is 5.73 Å². The summed E-state index contributed by atoms with van der Waals surface area (Å²) in [5, 5.41) is 3.21. The molecule has 1 saturated carbocycles. The number of nitrogens with zero attached hydrogens (tertiary/aromatic N) is 1. The molecule has 2 atom stereocenters. The third-order valence-corrected chi connectivity index (χ3v) is 4.55. The lowest BCUT2D eigenvalue weighted by Crippen LogP contribution is -2.53. The first-order valence-corrected chi connectivity index (χ1v) is 7.66. The number of likely N-dealkylation sites (N-methyl/N-ethyl adjacent to an activating group) is 1. The van der Waals surface area contributed by atoms with Crippen LogP contribution >= 0.6 is 0 Å². The fourth-order valence-corrected chi connectivity index (χ4v) is 2.67. The number of hydrogen-bond acceptors (Lipinski definition) is 3. The molecule has 0 heterocycles. The molecule has 0 saturated heterocycles. The van der Waals surface area contributed by atoms with E-state index < -0.39 is 5.54 Å². The van der Waals surface area contributed by atoms with E-state index in [1.54, 1.807) is 0 Å². The molecular formula is C15H31N3O. The van der Waals surface area contributed by atoms with Crippen molar-refractivity contribution in [2.24, 2.45) is 11.7 Å². The molecule has 0 aromatic heterocycles. The van der Waals surface area contributed by atoms with Crippen molar-refractivity contribution >= 4 is 5.91 Å². The molecule has 2 unspecified atom stereocenters. The molecule has 0 aliphatic heterocycles. The molecule has 1 aliphatic rings. The Morgan fingerprint density at radius 3 is 2.58 bits per heavy atom.